The van der Waals surface area contributed by atoms with Gasteiger partial charge in [0.05, 0.1) is 45.6 Å². The van der Waals surface area contributed by atoms with Crippen LogP contribution >= 0.6 is 0 Å². The summed E-state index contributed by atoms with van der Waals surface area (Å²) >= 11 is 0. The van der Waals surface area contributed by atoms with E-state index >= 15 is 0 Å². The van der Waals surface area contributed by atoms with Crippen molar-refractivity contribution in [3.05, 3.63) is 311 Å². The molecular weight excluding hydrogens is 1720 g/mol. The Morgan fingerprint density at radius 3 is 0.577 bits per heavy atom. The molecule has 142 heavy (non-hydrogen) atoms. The fourth-order valence-corrected chi connectivity index (χ4v) is 20.7. The van der Waals surface area contributed by atoms with Gasteiger partial charge in [0.25, 0.3) is 0 Å². The van der Waals surface area contributed by atoms with E-state index in [0.717, 1.165) is 167 Å². The van der Waals surface area contributed by atoms with E-state index < -0.39 is 6.71 Å². The normalized spacial score (nSPS) is 13.9. The molecule has 7 aromatic carbocycles. The number of nitrogens with one attached hydrogen (secondary N) is 4. The van der Waals surface area contributed by atoms with Crippen molar-refractivity contribution in [2.75, 3.05) is 0 Å². The molecule has 0 aliphatic carbocycles. The smallest absolute Gasteiger partial charge is 0.247 e. The summed E-state index contributed by atoms with van der Waals surface area (Å²) in [6.45, 7) is 90.8. The van der Waals surface area contributed by atoms with Gasteiger partial charge in [-0.15, -0.1) is 0 Å². The predicted molar refractivity (Wildman–Crippen MR) is 619 cm³/mol. The third kappa shape index (κ3) is 20.3. The lowest BCUT2D eigenvalue weighted by atomic mass is 9.33. The molecule has 6 aromatic heterocycles. The van der Waals surface area contributed by atoms with Crippen LogP contribution in [0.2, 0.25) is 0 Å². The number of fused-ring (bicyclic) bond motifs is 16. The number of hydrogen-bond acceptors (Lipinski definition) is 4. The van der Waals surface area contributed by atoms with Crippen LogP contribution in [-0.4, -0.2) is 46.6 Å². The Morgan fingerprint density at radius 1 is 0.197 bits per heavy atom. The Morgan fingerprint density at radius 2 is 0.380 bits per heavy atom. The Bertz CT molecular complexity index is 7170. The Balaban J connectivity index is 1.09. The number of H-pyrrole nitrogens is 4. The molecule has 0 fully saturated rings. The first-order chi connectivity index (χ1) is 65.6. The summed E-state index contributed by atoms with van der Waals surface area (Å²) in [6.07, 6.45) is 14.0. The molecule has 4 aliphatic rings. The van der Waals surface area contributed by atoms with Gasteiger partial charge >= 0.3 is 0 Å². The summed E-state index contributed by atoms with van der Waals surface area (Å²) in [5.74, 6) is 0. The molecule has 0 saturated heterocycles. The van der Waals surface area contributed by atoms with Gasteiger partial charge in [-0.25, -0.2) is 19.9 Å². The van der Waals surface area contributed by atoms with Crippen LogP contribution in [0.1, 0.15) is 378 Å². The van der Waals surface area contributed by atoms with Crippen molar-refractivity contribution < 1.29 is 0 Å². The van der Waals surface area contributed by atoms with Gasteiger partial charge in [0.2, 0.25) is 6.71 Å². The minimum Gasteiger partial charge on any atom is -0.355 e. The standard InChI is InChI=1S/C133H157BN8/c1-76-52-77(2)121(78(3)53-76)134(99-74-113-119(83-62-93(130(28,29)30)70-94(63-83)131(31,32)33)109-50-48-107(139-109)117(81-58-89(126(16,17)18)68-90(59-81)127(19,20)21)105-46-44-103(137-105)115(101-42-40-97(135-101)72-111(99)141-113)79-54-85(122(4,5)6)66-86(55-79)123(7,8)9)100-75-114-120(84-64-95(132(34,35)36)71-96(65-84)133(37,38)39)110-51-49-108(140-110)118(82-60-91(128(22,23)24)69-92(61-82)129(25,26)27)106-47-45-104(138-106)116(102-43-41-98(136-102)73-112(100)142-114)80-56-87(124(10,11)12)67-88(57-80)125(13,14)15/h40-75,135-136,139-140H,1-39H3. The van der Waals surface area contributed by atoms with Crippen molar-refractivity contribution in [2.45, 2.75) is 335 Å². The van der Waals surface area contributed by atoms with Crippen molar-refractivity contribution >= 4 is 104 Å². The third-order valence-electron chi connectivity index (χ3n) is 29.8. The first-order valence-electron chi connectivity index (χ1n) is 52.0. The van der Waals surface area contributed by atoms with E-state index in [2.05, 4.69) is 508 Å². The summed E-state index contributed by atoms with van der Waals surface area (Å²) < 4.78 is 0. The zero-order valence-electron chi connectivity index (χ0n) is 93.2. The van der Waals surface area contributed by atoms with E-state index in [-0.39, 0.29) is 65.0 Å². The Labute approximate surface area is 850 Å². The van der Waals surface area contributed by atoms with Gasteiger partial charge < -0.3 is 19.9 Å². The number of aryl methyl sites for hydroxylation is 3. The second-order valence-electron chi connectivity index (χ2n) is 54.2. The number of aromatic nitrogens is 8. The topological polar surface area (TPSA) is 115 Å². The molecule has 9 heteroatoms. The lowest BCUT2D eigenvalue weighted by Crippen LogP contribution is -2.37. The van der Waals surface area contributed by atoms with E-state index in [1.165, 1.54) is 88.9 Å². The summed E-state index contributed by atoms with van der Waals surface area (Å²) in [5.41, 5.74) is 46.3. The summed E-state index contributed by atoms with van der Waals surface area (Å²) in [4.78, 5) is 42.0. The largest absolute Gasteiger partial charge is 0.355 e. The van der Waals surface area contributed by atoms with E-state index in [4.69, 9.17) is 19.9 Å². The highest BCUT2D eigenvalue weighted by Crippen LogP contribution is 2.50. The van der Waals surface area contributed by atoms with Gasteiger partial charge in [0, 0.05) is 77.5 Å². The van der Waals surface area contributed by atoms with E-state index in [1.54, 1.807) is 0 Å². The predicted octanol–water partition coefficient (Wildman–Crippen LogP) is 36.0. The molecule has 13 aromatic rings. The van der Waals surface area contributed by atoms with Gasteiger partial charge in [-0.1, -0.05) is 393 Å². The molecule has 0 unspecified atom stereocenters. The van der Waals surface area contributed by atoms with Crippen LogP contribution in [0.25, 0.3) is 158 Å². The maximum Gasteiger partial charge on any atom is 0.247 e. The van der Waals surface area contributed by atoms with E-state index in [0.29, 0.717) is 0 Å². The first-order valence-corrected chi connectivity index (χ1v) is 52.0. The second kappa shape index (κ2) is 35.1. The molecule has 17 rings (SSSR count). The maximum atomic E-state index is 6.41. The summed E-state index contributed by atoms with van der Waals surface area (Å²) in [6, 6.07) is 71.9. The molecule has 0 saturated carbocycles. The lowest BCUT2D eigenvalue weighted by Gasteiger charge is -2.26. The molecule has 0 spiro atoms. The highest BCUT2D eigenvalue weighted by Gasteiger charge is 2.40. The molecule has 732 valence electrons. The van der Waals surface area contributed by atoms with Gasteiger partial charge in [-0.3, -0.25) is 0 Å². The van der Waals surface area contributed by atoms with Crippen LogP contribution in [0.5, 0.6) is 0 Å². The third-order valence-corrected chi connectivity index (χ3v) is 29.8. The van der Waals surface area contributed by atoms with Crippen molar-refractivity contribution in [3.63, 3.8) is 0 Å². The lowest BCUT2D eigenvalue weighted by molar-refractivity contribution is 0.568. The zero-order chi connectivity index (χ0) is 103. The van der Waals surface area contributed by atoms with Crippen LogP contribution in [0.4, 0.5) is 0 Å². The highest BCUT2D eigenvalue weighted by atomic mass is 14.8. The number of aromatic amines is 4. The molecule has 10 heterocycles. The summed E-state index contributed by atoms with van der Waals surface area (Å²) in [7, 11) is 0. The fourth-order valence-electron chi connectivity index (χ4n) is 20.7. The van der Waals surface area contributed by atoms with Crippen molar-refractivity contribution in [2.24, 2.45) is 0 Å². The first kappa shape index (κ1) is 101. The van der Waals surface area contributed by atoms with Crippen LogP contribution in [-0.2, 0) is 65.0 Å². The van der Waals surface area contributed by atoms with Crippen LogP contribution in [0.15, 0.2) is 182 Å². The minimum absolute atomic E-state index is 0.182. The monoisotopic (exact) mass is 1880 g/mol. The Hall–Kier alpha value is -12.2. The van der Waals surface area contributed by atoms with E-state index in [9.17, 15) is 0 Å². The molecule has 8 nitrogen and oxygen atoms in total. The van der Waals surface area contributed by atoms with Gasteiger partial charge in [-0.2, -0.15) is 0 Å². The van der Waals surface area contributed by atoms with Crippen molar-refractivity contribution in [1.29, 1.82) is 0 Å². The van der Waals surface area contributed by atoms with Crippen molar-refractivity contribution in [3.8, 4) is 66.8 Å². The number of nitrogens with zero attached hydrogens (tertiary/aromatic N) is 4. The summed E-state index contributed by atoms with van der Waals surface area (Å²) in [5, 5.41) is 0. The molecule has 0 radical (unpaired) electrons. The zero-order valence-corrected chi connectivity index (χ0v) is 93.2. The SMILES string of the molecule is Cc1cc(C)c(B(C2=Cc3nc2cc2ccc([nH]2)c(-c2cc(C(C)(C)C)cc(C(C)(C)C)c2)c2nc(c(-c4cc(C(C)(C)C)cc(C(C)(C)C)c4)c4ccc([nH]4)c3-c3cc(C(C)(C)C)cc(C(C)(C)C)c3)C=C2)C2=Cc3nc2cc2ccc([nH]2)c(-c2cc(C(C)(C)C)cc(C(C)(C)C)c2)c2nc(c(-c4cc(C(C)(C)C)cc(C(C)(C)C)c4)c4ccc([nH]4)c3-c3cc(C(C)(C)C)cc(C(C)(C)C)c3)C=C2)c(C)c1. The number of benzene rings is 7. The molecule has 0 atom stereocenters. The van der Waals surface area contributed by atoms with Crippen LogP contribution in [0, 0.1) is 20.8 Å². The molecular formula is C133H157BN8. The van der Waals surface area contributed by atoms with Gasteiger partial charge in [0.1, 0.15) is 0 Å². The number of hydrogen-bond donors (Lipinski definition) is 4. The second-order valence-corrected chi connectivity index (χ2v) is 54.2. The van der Waals surface area contributed by atoms with Crippen LogP contribution in [0.3, 0.4) is 0 Å². The maximum absolute atomic E-state index is 6.41. The van der Waals surface area contributed by atoms with Crippen molar-refractivity contribution in [1.82, 2.24) is 39.9 Å². The van der Waals surface area contributed by atoms with Crippen LogP contribution < -0.4 is 5.46 Å². The molecule has 16 bridgehead atoms. The number of rotatable bonds is 9. The fraction of sp³-hybridized carbons (Fsp3) is 0.383. The highest BCUT2D eigenvalue weighted by molar-refractivity contribution is 7.05. The minimum atomic E-state index is -0.528. The molecule has 4 N–H and O–H groups in total. The average Bonchev–Trinajstić information content (AvgIpc) is 1.58. The van der Waals surface area contributed by atoms with Gasteiger partial charge in [0.15, 0.2) is 0 Å². The van der Waals surface area contributed by atoms with E-state index in [1.807, 2.05) is 0 Å². The Kier molecular flexibility index (Phi) is 25.0. The quantitative estimate of drug-likeness (QED) is 0.108. The van der Waals surface area contributed by atoms with Gasteiger partial charge in [-0.05, 0) is 294 Å². The molecule has 0 amide bonds. The molecule has 4 aliphatic heterocycles. The average molecular weight is 1880 g/mol.